The second-order valence-corrected chi connectivity index (χ2v) is 2.97. The molecule has 82 valence electrons. The maximum Gasteiger partial charge on any atom is 0.347 e. The molecule has 0 atom stereocenters. The van der Waals surface area contributed by atoms with Crippen molar-refractivity contribution >= 4 is 5.97 Å². The normalized spacial score (nSPS) is 10.3. The van der Waals surface area contributed by atoms with Crippen LogP contribution in [0.2, 0.25) is 0 Å². The lowest BCUT2D eigenvalue weighted by molar-refractivity contribution is 0.0696. The maximum absolute atomic E-state index is 13.5. The Bertz CT molecular complexity index is 602. The summed E-state index contributed by atoms with van der Waals surface area (Å²) in [6.45, 7) is 0. The van der Waals surface area contributed by atoms with E-state index in [1.807, 2.05) is 0 Å². The van der Waals surface area contributed by atoms with Crippen molar-refractivity contribution in [1.82, 2.24) is 14.8 Å². The summed E-state index contributed by atoms with van der Waals surface area (Å²) in [6, 6.07) is 3.54. The highest BCUT2D eigenvalue weighted by Crippen LogP contribution is 2.16. The van der Waals surface area contributed by atoms with E-state index in [2.05, 4.69) is 10.2 Å². The lowest BCUT2D eigenvalue weighted by Crippen LogP contribution is -2.18. The minimum atomic E-state index is -1.32. The van der Waals surface area contributed by atoms with Crippen LogP contribution >= 0.6 is 0 Å². The van der Waals surface area contributed by atoms with Crippen LogP contribution in [0.25, 0.3) is 5.69 Å². The van der Waals surface area contributed by atoms with Gasteiger partial charge in [0.05, 0.1) is 5.56 Å². The Morgan fingerprint density at radius 1 is 1.50 bits per heavy atom. The van der Waals surface area contributed by atoms with E-state index in [1.54, 1.807) is 0 Å². The molecule has 16 heavy (non-hydrogen) atoms. The first-order chi connectivity index (χ1) is 7.61. The average molecular weight is 223 g/mol. The first-order valence-electron chi connectivity index (χ1n) is 4.25. The number of carboxylic acid groups (broad SMARTS) is 1. The number of benzene rings is 1. The van der Waals surface area contributed by atoms with Crippen LogP contribution in [0.15, 0.2) is 29.3 Å². The zero-order chi connectivity index (χ0) is 11.7. The molecule has 6 nitrogen and oxygen atoms in total. The summed E-state index contributed by atoms with van der Waals surface area (Å²) in [5, 5.41) is 14.3. The molecule has 0 saturated heterocycles. The molecule has 2 N–H and O–H groups in total. The first-order valence-corrected chi connectivity index (χ1v) is 4.25. The summed E-state index contributed by atoms with van der Waals surface area (Å²) >= 11 is 0. The molecular formula is C9H6FN3O3. The standard InChI is InChI=1S/C9H6FN3O3/c10-6-3-1-2-5(8(14)15)7(6)13-4-11-12-9(13)16/h1-4H,(H,12,16)(H,14,15). The van der Waals surface area contributed by atoms with E-state index in [-0.39, 0.29) is 11.3 Å². The molecule has 2 aromatic rings. The van der Waals surface area contributed by atoms with E-state index in [0.29, 0.717) is 0 Å². The maximum atomic E-state index is 13.5. The van der Waals surface area contributed by atoms with E-state index >= 15 is 0 Å². The lowest BCUT2D eigenvalue weighted by atomic mass is 10.1. The molecule has 7 heteroatoms. The Morgan fingerprint density at radius 3 is 2.81 bits per heavy atom. The molecule has 1 aromatic carbocycles. The Kier molecular flexibility index (Phi) is 2.28. The number of nitrogens with one attached hydrogen (secondary N) is 1. The van der Waals surface area contributed by atoms with Crippen molar-refractivity contribution in [2.75, 3.05) is 0 Å². The number of carboxylic acids is 1. The fraction of sp³-hybridized carbons (Fsp3) is 0. The van der Waals surface area contributed by atoms with Crippen LogP contribution in [0, 0.1) is 5.82 Å². The van der Waals surface area contributed by atoms with Gasteiger partial charge in [0.2, 0.25) is 0 Å². The monoisotopic (exact) mass is 223 g/mol. The molecule has 1 aromatic heterocycles. The van der Waals surface area contributed by atoms with E-state index in [4.69, 9.17) is 5.11 Å². The van der Waals surface area contributed by atoms with Crippen molar-refractivity contribution in [1.29, 1.82) is 0 Å². The molecule has 0 radical (unpaired) electrons. The minimum absolute atomic E-state index is 0.302. The third-order valence-electron chi connectivity index (χ3n) is 2.01. The molecular weight excluding hydrogens is 217 g/mol. The van der Waals surface area contributed by atoms with Crippen molar-refractivity contribution < 1.29 is 14.3 Å². The van der Waals surface area contributed by atoms with E-state index in [1.165, 1.54) is 12.1 Å². The molecule has 2 rings (SSSR count). The topological polar surface area (TPSA) is 88.0 Å². The molecule has 0 unspecified atom stereocenters. The number of rotatable bonds is 2. The van der Waals surface area contributed by atoms with Gasteiger partial charge in [-0.1, -0.05) is 6.07 Å². The Balaban J connectivity index is 2.78. The van der Waals surface area contributed by atoms with Gasteiger partial charge in [0, 0.05) is 0 Å². The van der Waals surface area contributed by atoms with Gasteiger partial charge in [-0.3, -0.25) is 0 Å². The molecule has 1 heterocycles. The van der Waals surface area contributed by atoms with Gasteiger partial charge in [0.15, 0.2) is 0 Å². The highest BCUT2D eigenvalue weighted by atomic mass is 19.1. The Labute approximate surface area is 88.0 Å². The highest BCUT2D eigenvalue weighted by Gasteiger charge is 2.17. The van der Waals surface area contributed by atoms with E-state index in [9.17, 15) is 14.0 Å². The smallest absolute Gasteiger partial charge is 0.347 e. The summed E-state index contributed by atoms with van der Waals surface area (Å²) in [6.07, 6.45) is 1.02. The van der Waals surface area contributed by atoms with Crippen molar-refractivity contribution in [2.45, 2.75) is 0 Å². The molecule has 0 bridgehead atoms. The summed E-state index contributed by atoms with van der Waals surface area (Å²) < 4.78 is 14.3. The van der Waals surface area contributed by atoms with Gasteiger partial charge in [-0.2, -0.15) is 5.10 Å². The summed E-state index contributed by atoms with van der Waals surface area (Å²) in [5.41, 5.74) is -1.33. The zero-order valence-corrected chi connectivity index (χ0v) is 7.85. The predicted octanol–water partition coefficient (Wildman–Crippen LogP) is 0.398. The Morgan fingerprint density at radius 2 is 2.25 bits per heavy atom. The SMILES string of the molecule is O=C(O)c1cccc(F)c1-n1cn[nH]c1=O. The van der Waals surface area contributed by atoms with Gasteiger partial charge in [-0.15, -0.1) is 0 Å². The largest absolute Gasteiger partial charge is 0.478 e. The van der Waals surface area contributed by atoms with Crippen molar-refractivity contribution in [3.05, 3.63) is 46.4 Å². The van der Waals surface area contributed by atoms with Gasteiger partial charge >= 0.3 is 11.7 Å². The number of H-pyrrole nitrogens is 1. The lowest BCUT2D eigenvalue weighted by Gasteiger charge is -2.05. The number of aromatic amines is 1. The van der Waals surface area contributed by atoms with Crippen LogP contribution in [-0.4, -0.2) is 25.8 Å². The van der Waals surface area contributed by atoms with Crippen molar-refractivity contribution in [3.63, 3.8) is 0 Å². The van der Waals surface area contributed by atoms with Gasteiger partial charge < -0.3 is 5.11 Å². The number of aromatic nitrogens is 3. The molecule has 0 aliphatic rings. The number of carbonyl (C=O) groups is 1. The van der Waals surface area contributed by atoms with E-state index in [0.717, 1.165) is 17.0 Å². The number of aromatic carboxylic acids is 1. The second kappa shape index (κ2) is 3.61. The summed E-state index contributed by atoms with van der Waals surface area (Å²) in [4.78, 5) is 22.1. The molecule has 0 spiro atoms. The Hall–Kier alpha value is -2.44. The van der Waals surface area contributed by atoms with Gasteiger partial charge in [-0.05, 0) is 12.1 Å². The number of nitrogens with zero attached hydrogens (tertiary/aromatic N) is 2. The molecule has 0 fully saturated rings. The molecule has 0 saturated carbocycles. The number of hydrogen-bond acceptors (Lipinski definition) is 3. The minimum Gasteiger partial charge on any atom is -0.478 e. The van der Waals surface area contributed by atoms with Crippen LogP contribution in [-0.2, 0) is 0 Å². The highest BCUT2D eigenvalue weighted by molar-refractivity contribution is 5.92. The number of hydrogen-bond donors (Lipinski definition) is 2. The third-order valence-corrected chi connectivity index (χ3v) is 2.01. The average Bonchev–Trinajstić information content (AvgIpc) is 2.64. The third kappa shape index (κ3) is 1.48. The van der Waals surface area contributed by atoms with Gasteiger partial charge in [0.25, 0.3) is 0 Å². The van der Waals surface area contributed by atoms with Crippen LogP contribution < -0.4 is 5.69 Å². The van der Waals surface area contributed by atoms with Crippen molar-refractivity contribution in [2.24, 2.45) is 0 Å². The summed E-state index contributed by atoms with van der Waals surface area (Å²) in [5.74, 6) is -2.12. The first kappa shape index (κ1) is 10.1. The number of para-hydroxylation sites is 1. The van der Waals surface area contributed by atoms with Crippen LogP contribution in [0.1, 0.15) is 10.4 Å². The van der Waals surface area contributed by atoms with Gasteiger partial charge in [-0.25, -0.2) is 23.6 Å². The fourth-order valence-electron chi connectivity index (χ4n) is 1.34. The van der Waals surface area contributed by atoms with Gasteiger partial charge in [0.1, 0.15) is 17.8 Å². The molecule has 0 aliphatic carbocycles. The zero-order valence-electron chi connectivity index (χ0n) is 7.85. The predicted molar refractivity (Wildman–Crippen MR) is 51.1 cm³/mol. The van der Waals surface area contributed by atoms with E-state index < -0.39 is 17.5 Å². The quantitative estimate of drug-likeness (QED) is 0.771. The van der Waals surface area contributed by atoms with Crippen molar-refractivity contribution in [3.8, 4) is 5.69 Å². The van der Waals surface area contributed by atoms with Crippen LogP contribution in [0.4, 0.5) is 4.39 Å². The molecule has 0 aliphatic heterocycles. The second-order valence-electron chi connectivity index (χ2n) is 2.97. The van der Waals surface area contributed by atoms with Crippen LogP contribution in [0.3, 0.4) is 0 Å². The fourth-order valence-corrected chi connectivity index (χ4v) is 1.34. The van der Waals surface area contributed by atoms with Crippen LogP contribution in [0.5, 0.6) is 0 Å². The summed E-state index contributed by atoms with van der Waals surface area (Å²) in [7, 11) is 0. The molecule has 0 amide bonds. The number of halogens is 1.